The summed E-state index contributed by atoms with van der Waals surface area (Å²) < 4.78 is 34.2. The van der Waals surface area contributed by atoms with Crippen LogP contribution in [0.2, 0.25) is 0 Å². The minimum Gasteiger partial charge on any atom is -0.378 e. The molecule has 1 N–H and O–H groups in total. The summed E-state index contributed by atoms with van der Waals surface area (Å²) in [6.07, 6.45) is 12.6. The average molecular weight is 532 g/mol. The summed E-state index contributed by atoms with van der Waals surface area (Å²) in [5.74, 6) is 0. The number of hydrogen-bond donors (Lipinski definition) is 1. The second-order valence-electron chi connectivity index (χ2n) is 9.17. The molecule has 0 bridgehead atoms. The summed E-state index contributed by atoms with van der Waals surface area (Å²) in [5.41, 5.74) is 1.07. The van der Waals surface area contributed by atoms with Gasteiger partial charge in [-0.3, -0.25) is 0 Å². The number of benzene rings is 1. The Morgan fingerprint density at radius 2 is 1.59 bits per heavy atom. The van der Waals surface area contributed by atoms with E-state index in [0.29, 0.717) is 4.90 Å². The fourth-order valence-corrected chi connectivity index (χ4v) is 5.90. The van der Waals surface area contributed by atoms with Crippen molar-refractivity contribution in [3.05, 3.63) is 29.8 Å². The van der Waals surface area contributed by atoms with E-state index in [0.717, 1.165) is 49.6 Å². The molecule has 1 aromatic rings. The molecule has 0 aromatic heterocycles. The van der Waals surface area contributed by atoms with Gasteiger partial charge in [0.05, 0.1) is 11.0 Å². The highest BCUT2D eigenvalue weighted by Crippen LogP contribution is 2.23. The fourth-order valence-electron chi connectivity index (χ4n) is 4.22. The van der Waals surface area contributed by atoms with Crippen LogP contribution in [0.25, 0.3) is 0 Å². The van der Waals surface area contributed by atoms with E-state index in [1.165, 1.54) is 51.6 Å². The molecule has 0 atom stereocenters. The van der Waals surface area contributed by atoms with Gasteiger partial charge in [0, 0.05) is 18.0 Å². The molecular weight excluding hydrogens is 488 g/mol. The number of unbranched alkanes of at least 4 members (excludes halogenated alkanes) is 5. The van der Waals surface area contributed by atoms with Crippen molar-refractivity contribution in [1.29, 1.82) is 0 Å². The van der Waals surface area contributed by atoms with Crippen molar-refractivity contribution < 1.29 is 13.2 Å². The maximum atomic E-state index is 12.6. The Hall–Kier alpha value is -0.470. The van der Waals surface area contributed by atoms with E-state index >= 15 is 0 Å². The van der Waals surface area contributed by atoms with E-state index in [1.807, 2.05) is 12.1 Å². The number of sulfonamides is 1. The number of ether oxygens (including phenoxy) is 1. The van der Waals surface area contributed by atoms with Crippen LogP contribution in [0.1, 0.15) is 83.1 Å². The van der Waals surface area contributed by atoms with E-state index in [4.69, 9.17) is 4.74 Å². The van der Waals surface area contributed by atoms with Crippen LogP contribution in [-0.2, 0) is 20.1 Å². The molecule has 0 radical (unpaired) electrons. The monoisotopic (exact) mass is 530 g/mol. The summed E-state index contributed by atoms with van der Waals surface area (Å²) in [6, 6.07) is 7.06. The van der Waals surface area contributed by atoms with Gasteiger partial charge in [-0.05, 0) is 82.8 Å². The number of alkyl halides is 1. The first kappa shape index (κ1) is 27.8. The van der Waals surface area contributed by atoms with Crippen LogP contribution in [0.5, 0.6) is 0 Å². The van der Waals surface area contributed by atoms with Crippen LogP contribution < -0.4 is 4.72 Å². The van der Waals surface area contributed by atoms with E-state index in [-0.39, 0.29) is 12.1 Å². The third-order valence-electron chi connectivity index (χ3n) is 6.32. The molecule has 0 heterocycles. The number of nitrogens with one attached hydrogen (secondary N) is 1. The van der Waals surface area contributed by atoms with Gasteiger partial charge in [0.25, 0.3) is 0 Å². The predicted octanol–water partition coefficient (Wildman–Crippen LogP) is 5.87. The number of hydrogen-bond acceptors (Lipinski definition) is 4. The minimum absolute atomic E-state index is 0.00465. The van der Waals surface area contributed by atoms with Crippen molar-refractivity contribution in [3.8, 4) is 0 Å². The van der Waals surface area contributed by atoms with Gasteiger partial charge in [0.2, 0.25) is 10.0 Å². The second-order valence-corrected chi connectivity index (χ2v) is 11.4. The van der Waals surface area contributed by atoms with Gasteiger partial charge >= 0.3 is 0 Å². The Labute approximate surface area is 204 Å². The van der Waals surface area contributed by atoms with Crippen LogP contribution in [0.4, 0.5) is 0 Å². The van der Waals surface area contributed by atoms with Gasteiger partial charge in [-0.2, -0.15) is 0 Å². The average Bonchev–Trinajstić information content (AvgIpc) is 2.79. The highest BCUT2D eigenvalue weighted by atomic mass is 79.9. The van der Waals surface area contributed by atoms with Gasteiger partial charge in [0.15, 0.2) is 0 Å². The highest BCUT2D eigenvalue weighted by Gasteiger charge is 2.26. The standard InChI is InChI=1S/C25H43BrN2O3S/c1-3-4-7-18-28(2)19-8-5-6-9-20-31-24-14-12-23(13-15-24)27-32(29,30)25-16-10-22(21-26)11-17-25/h10-11,16-17,23-24,27H,3-9,12-15,18-21H2,1-2H3. The zero-order valence-electron chi connectivity index (χ0n) is 20.0. The molecular formula is C25H43BrN2O3S. The lowest BCUT2D eigenvalue weighted by atomic mass is 9.94. The Kier molecular flexibility index (Phi) is 13.4. The normalized spacial score (nSPS) is 19.5. The summed E-state index contributed by atoms with van der Waals surface area (Å²) >= 11 is 3.39. The van der Waals surface area contributed by atoms with Crippen LogP contribution in [0, 0.1) is 0 Å². The molecule has 5 nitrogen and oxygen atoms in total. The molecule has 7 heteroatoms. The third kappa shape index (κ3) is 10.6. The lowest BCUT2D eigenvalue weighted by molar-refractivity contribution is 0.0220. The molecule has 0 unspecified atom stereocenters. The van der Waals surface area contributed by atoms with Gasteiger partial charge in [-0.1, -0.05) is 60.7 Å². The molecule has 1 aliphatic rings. The molecule has 184 valence electrons. The van der Waals surface area contributed by atoms with Gasteiger partial charge in [0.1, 0.15) is 0 Å². The van der Waals surface area contributed by atoms with E-state index in [9.17, 15) is 8.42 Å². The maximum Gasteiger partial charge on any atom is 0.240 e. The number of nitrogens with zero attached hydrogens (tertiary/aromatic N) is 1. The first-order valence-corrected chi connectivity index (χ1v) is 15.0. The van der Waals surface area contributed by atoms with Crippen LogP contribution in [0.3, 0.4) is 0 Å². The molecule has 32 heavy (non-hydrogen) atoms. The molecule has 0 saturated heterocycles. The number of halogens is 1. The lowest BCUT2D eigenvalue weighted by Crippen LogP contribution is -2.39. The summed E-state index contributed by atoms with van der Waals surface area (Å²) in [6.45, 7) is 5.50. The van der Waals surface area contributed by atoms with Crippen LogP contribution >= 0.6 is 15.9 Å². The minimum atomic E-state index is -3.45. The fraction of sp³-hybridized carbons (Fsp3) is 0.760. The van der Waals surface area contributed by atoms with E-state index in [1.54, 1.807) is 12.1 Å². The van der Waals surface area contributed by atoms with Crippen molar-refractivity contribution in [3.63, 3.8) is 0 Å². The van der Waals surface area contributed by atoms with Gasteiger partial charge < -0.3 is 9.64 Å². The SMILES string of the molecule is CCCCCN(C)CCCCCCOC1CCC(NS(=O)(=O)c2ccc(CBr)cc2)CC1. The summed E-state index contributed by atoms with van der Waals surface area (Å²) in [4.78, 5) is 2.80. The van der Waals surface area contributed by atoms with Crippen molar-refractivity contribution in [1.82, 2.24) is 9.62 Å². The first-order valence-electron chi connectivity index (χ1n) is 12.4. The molecule has 0 spiro atoms. The quantitative estimate of drug-likeness (QED) is 0.214. The van der Waals surface area contributed by atoms with Gasteiger partial charge in [-0.25, -0.2) is 13.1 Å². The highest BCUT2D eigenvalue weighted by molar-refractivity contribution is 9.08. The smallest absolute Gasteiger partial charge is 0.240 e. The van der Waals surface area contributed by atoms with Crippen molar-refractivity contribution >= 4 is 26.0 Å². The molecule has 1 aromatic carbocycles. The Balaban J connectivity index is 1.53. The van der Waals surface area contributed by atoms with Crippen molar-refractivity contribution in [2.24, 2.45) is 0 Å². The summed E-state index contributed by atoms with van der Waals surface area (Å²) in [5, 5.41) is 0.723. The Morgan fingerprint density at radius 3 is 2.22 bits per heavy atom. The summed E-state index contributed by atoms with van der Waals surface area (Å²) in [7, 11) is -1.22. The van der Waals surface area contributed by atoms with Crippen LogP contribution in [0.15, 0.2) is 29.2 Å². The predicted molar refractivity (Wildman–Crippen MR) is 137 cm³/mol. The van der Waals surface area contributed by atoms with E-state index < -0.39 is 10.0 Å². The zero-order chi connectivity index (χ0) is 23.2. The molecule has 1 aliphatic carbocycles. The van der Waals surface area contributed by atoms with Crippen molar-refractivity contribution in [2.45, 2.75) is 99.9 Å². The maximum absolute atomic E-state index is 12.6. The Bertz CT molecular complexity index is 719. The number of rotatable bonds is 16. The molecule has 1 fully saturated rings. The van der Waals surface area contributed by atoms with E-state index in [2.05, 4.69) is 39.5 Å². The third-order valence-corrected chi connectivity index (χ3v) is 8.50. The van der Waals surface area contributed by atoms with Crippen LogP contribution in [-0.4, -0.2) is 52.2 Å². The lowest BCUT2D eigenvalue weighted by Gasteiger charge is -2.29. The zero-order valence-corrected chi connectivity index (χ0v) is 22.4. The largest absolute Gasteiger partial charge is 0.378 e. The molecule has 0 amide bonds. The molecule has 2 rings (SSSR count). The Morgan fingerprint density at radius 1 is 0.969 bits per heavy atom. The topological polar surface area (TPSA) is 58.6 Å². The molecule has 1 saturated carbocycles. The first-order chi connectivity index (χ1) is 15.4. The second kappa shape index (κ2) is 15.4. The van der Waals surface area contributed by atoms with Crippen molar-refractivity contribution in [2.75, 3.05) is 26.7 Å². The van der Waals surface area contributed by atoms with Gasteiger partial charge in [-0.15, -0.1) is 0 Å². The molecule has 0 aliphatic heterocycles.